The number of imide groups is 1. The number of carbonyl (C=O) groups is 4. The number of hydrogen-bond donors (Lipinski definition) is 1. The monoisotopic (exact) mass is 543 g/mol. The number of furan rings is 1. The number of halogens is 1. The third kappa shape index (κ3) is 5.02. The molecule has 11 heteroatoms. The Labute approximate surface area is 188 Å². The summed E-state index contributed by atoms with van der Waals surface area (Å²) in [4.78, 5) is 48.2. The summed E-state index contributed by atoms with van der Waals surface area (Å²) < 4.78 is 15.7. The van der Waals surface area contributed by atoms with E-state index in [0.717, 1.165) is 16.7 Å². The Morgan fingerprint density at radius 3 is 2.70 bits per heavy atom. The predicted molar refractivity (Wildman–Crippen MR) is 114 cm³/mol. The second-order valence-corrected chi connectivity index (χ2v) is 8.05. The van der Waals surface area contributed by atoms with Gasteiger partial charge >= 0.3 is 11.9 Å². The van der Waals surface area contributed by atoms with Gasteiger partial charge in [0.15, 0.2) is 6.61 Å². The number of methoxy groups -OCH3 is 1. The van der Waals surface area contributed by atoms with E-state index in [1.54, 1.807) is 24.3 Å². The van der Waals surface area contributed by atoms with Crippen molar-refractivity contribution in [1.82, 2.24) is 4.90 Å². The molecule has 1 aliphatic heterocycles. The fourth-order valence-corrected chi connectivity index (χ4v) is 4.01. The van der Waals surface area contributed by atoms with E-state index < -0.39 is 29.7 Å². The molecule has 0 radical (unpaired) electrons. The number of carbonyl (C=O) groups excluding carboxylic acids is 3. The topological polar surface area (TPSA) is 123 Å². The minimum absolute atomic E-state index is 0.0187. The summed E-state index contributed by atoms with van der Waals surface area (Å²) in [5, 5.41) is 8.23. The number of esters is 1. The standard InChI is InChI=1S/C19H14INO8S/c1-27-18(25)14-5-3-11(29-14)8-21-17(24)15(30-19(21)26)7-10-2-4-13(12(20)6-10)28-9-16(22)23/h2-7H,8-9H2,1H3,(H,22,23)/b15-7+. The second-order valence-electron chi connectivity index (χ2n) is 5.90. The van der Waals surface area contributed by atoms with Gasteiger partial charge in [0, 0.05) is 0 Å². The zero-order valence-electron chi connectivity index (χ0n) is 15.4. The first kappa shape index (κ1) is 21.9. The lowest BCUT2D eigenvalue weighted by Crippen LogP contribution is -2.27. The van der Waals surface area contributed by atoms with Gasteiger partial charge in [-0.2, -0.15) is 0 Å². The summed E-state index contributed by atoms with van der Waals surface area (Å²) in [6, 6.07) is 7.87. The molecule has 1 saturated heterocycles. The van der Waals surface area contributed by atoms with Gasteiger partial charge in [-0.3, -0.25) is 14.5 Å². The molecular weight excluding hydrogens is 529 g/mol. The Bertz CT molecular complexity index is 1060. The lowest BCUT2D eigenvalue weighted by molar-refractivity contribution is -0.139. The molecule has 1 aromatic carbocycles. The molecule has 0 atom stereocenters. The summed E-state index contributed by atoms with van der Waals surface area (Å²) in [6.07, 6.45) is 1.57. The van der Waals surface area contributed by atoms with E-state index in [1.807, 2.05) is 22.6 Å². The number of ether oxygens (including phenoxy) is 2. The van der Waals surface area contributed by atoms with Crippen molar-refractivity contribution >= 4 is 63.5 Å². The molecule has 0 saturated carbocycles. The second kappa shape index (κ2) is 9.34. The van der Waals surface area contributed by atoms with Crippen molar-refractivity contribution in [1.29, 1.82) is 0 Å². The van der Waals surface area contributed by atoms with Crippen LogP contribution in [0.15, 0.2) is 39.7 Å². The molecule has 1 aliphatic rings. The molecule has 1 fully saturated rings. The molecule has 2 aromatic rings. The van der Waals surface area contributed by atoms with Crippen molar-refractivity contribution in [3.63, 3.8) is 0 Å². The maximum Gasteiger partial charge on any atom is 0.373 e. The third-order valence-electron chi connectivity index (χ3n) is 3.84. The van der Waals surface area contributed by atoms with Gasteiger partial charge < -0.3 is 19.0 Å². The predicted octanol–water partition coefficient (Wildman–Crippen LogP) is 3.37. The van der Waals surface area contributed by atoms with E-state index in [9.17, 15) is 19.2 Å². The molecule has 30 heavy (non-hydrogen) atoms. The molecule has 0 spiro atoms. The lowest BCUT2D eigenvalue weighted by atomic mass is 10.2. The van der Waals surface area contributed by atoms with E-state index in [0.29, 0.717) is 14.9 Å². The number of thioether (sulfide) groups is 1. The molecule has 2 heterocycles. The van der Waals surface area contributed by atoms with Crippen LogP contribution in [0, 0.1) is 3.57 Å². The molecule has 1 aromatic heterocycles. The van der Waals surface area contributed by atoms with Crippen LogP contribution in [-0.4, -0.2) is 46.8 Å². The van der Waals surface area contributed by atoms with Gasteiger partial charge in [0.25, 0.3) is 11.1 Å². The Balaban J connectivity index is 1.73. The maximum atomic E-state index is 12.6. The summed E-state index contributed by atoms with van der Waals surface area (Å²) in [5.41, 5.74) is 0.651. The van der Waals surface area contributed by atoms with Gasteiger partial charge in [-0.25, -0.2) is 9.59 Å². The molecule has 0 aliphatic carbocycles. The average Bonchev–Trinajstić information content (AvgIpc) is 3.27. The molecule has 3 rings (SSSR count). The highest BCUT2D eigenvalue weighted by atomic mass is 127. The molecular formula is C19H14INO8S. The highest BCUT2D eigenvalue weighted by molar-refractivity contribution is 14.1. The Kier molecular flexibility index (Phi) is 6.82. The van der Waals surface area contributed by atoms with Crippen LogP contribution in [0.1, 0.15) is 21.9 Å². The highest BCUT2D eigenvalue weighted by Gasteiger charge is 2.35. The summed E-state index contributed by atoms with van der Waals surface area (Å²) >= 11 is 2.78. The van der Waals surface area contributed by atoms with Crippen molar-refractivity contribution in [2.24, 2.45) is 0 Å². The number of hydrogen-bond acceptors (Lipinski definition) is 8. The first-order valence-corrected chi connectivity index (χ1v) is 10.2. The van der Waals surface area contributed by atoms with Crippen LogP contribution in [0.3, 0.4) is 0 Å². The summed E-state index contributed by atoms with van der Waals surface area (Å²) in [5.74, 6) is -1.56. The first-order valence-electron chi connectivity index (χ1n) is 8.35. The number of benzene rings is 1. The largest absolute Gasteiger partial charge is 0.481 e. The number of aliphatic carboxylic acids is 1. The van der Waals surface area contributed by atoms with Crippen molar-refractivity contribution in [2.75, 3.05) is 13.7 Å². The van der Waals surface area contributed by atoms with Gasteiger partial charge in [0.2, 0.25) is 5.76 Å². The normalized spacial score (nSPS) is 15.0. The number of carboxylic acids is 1. The number of carboxylic acid groups (broad SMARTS) is 1. The summed E-state index contributed by atoms with van der Waals surface area (Å²) in [7, 11) is 1.22. The van der Waals surface area contributed by atoms with E-state index in [4.69, 9.17) is 14.3 Å². The van der Waals surface area contributed by atoms with Gasteiger partial charge in [-0.1, -0.05) is 6.07 Å². The van der Waals surface area contributed by atoms with Crippen molar-refractivity contribution < 1.29 is 38.2 Å². The number of amides is 2. The average molecular weight is 543 g/mol. The van der Waals surface area contributed by atoms with Crippen LogP contribution in [0.25, 0.3) is 6.08 Å². The van der Waals surface area contributed by atoms with E-state index in [2.05, 4.69) is 4.74 Å². The Hall–Kier alpha value is -2.80. The lowest BCUT2D eigenvalue weighted by Gasteiger charge is -2.10. The Morgan fingerprint density at radius 1 is 1.27 bits per heavy atom. The maximum absolute atomic E-state index is 12.6. The molecule has 0 bridgehead atoms. The molecule has 2 amide bonds. The SMILES string of the molecule is COC(=O)c1ccc(CN2C(=O)S/C(=C/c3ccc(OCC(=O)O)c(I)c3)C2=O)o1. The van der Waals surface area contributed by atoms with E-state index >= 15 is 0 Å². The zero-order valence-corrected chi connectivity index (χ0v) is 18.4. The van der Waals surface area contributed by atoms with Gasteiger partial charge in [-0.05, 0) is 70.3 Å². The molecule has 0 unspecified atom stereocenters. The third-order valence-corrected chi connectivity index (χ3v) is 5.59. The van der Waals surface area contributed by atoms with Crippen LogP contribution in [0.4, 0.5) is 4.79 Å². The minimum atomic E-state index is -1.08. The fourth-order valence-electron chi connectivity index (χ4n) is 2.48. The summed E-state index contributed by atoms with van der Waals surface area (Å²) in [6.45, 7) is -0.572. The van der Waals surface area contributed by atoms with Crippen LogP contribution in [0.2, 0.25) is 0 Å². The van der Waals surface area contributed by atoms with Crippen molar-refractivity contribution in [3.8, 4) is 5.75 Å². The van der Waals surface area contributed by atoms with E-state index in [-0.39, 0.29) is 23.0 Å². The molecule has 156 valence electrons. The van der Waals surface area contributed by atoms with Crippen molar-refractivity contribution in [3.05, 3.63) is 55.9 Å². The zero-order chi connectivity index (χ0) is 21.8. The van der Waals surface area contributed by atoms with Crippen LogP contribution < -0.4 is 4.74 Å². The molecule has 9 nitrogen and oxygen atoms in total. The molecule has 1 N–H and O–H groups in total. The first-order chi connectivity index (χ1) is 14.3. The highest BCUT2D eigenvalue weighted by Crippen LogP contribution is 2.34. The van der Waals surface area contributed by atoms with E-state index in [1.165, 1.54) is 19.2 Å². The smallest absolute Gasteiger partial charge is 0.373 e. The Morgan fingerprint density at radius 2 is 2.03 bits per heavy atom. The minimum Gasteiger partial charge on any atom is -0.481 e. The fraction of sp³-hybridized carbons (Fsp3) is 0.158. The van der Waals surface area contributed by atoms with Crippen LogP contribution in [-0.2, 0) is 20.9 Å². The van der Waals surface area contributed by atoms with Gasteiger partial charge in [0.1, 0.15) is 11.5 Å². The van der Waals surface area contributed by atoms with Gasteiger partial charge in [0.05, 0.1) is 22.1 Å². The van der Waals surface area contributed by atoms with Crippen LogP contribution >= 0.6 is 34.4 Å². The van der Waals surface area contributed by atoms with Gasteiger partial charge in [-0.15, -0.1) is 0 Å². The van der Waals surface area contributed by atoms with Crippen LogP contribution in [0.5, 0.6) is 5.75 Å². The number of rotatable bonds is 7. The quantitative estimate of drug-likeness (QED) is 0.318. The number of nitrogens with zero attached hydrogens (tertiary/aromatic N) is 1. The van der Waals surface area contributed by atoms with Crippen molar-refractivity contribution in [2.45, 2.75) is 6.54 Å².